The summed E-state index contributed by atoms with van der Waals surface area (Å²) in [6.45, 7) is 3.98. The second-order valence-electron chi connectivity index (χ2n) is 8.30. The maximum absolute atomic E-state index is 14.2. The minimum Gasteiger partial charge on any atom is -0.369 e. The summed E-state index contributed by atoms with van der Waals surface area (Å²) in [5.41, 5.74) is 1.58. The summed E-state index contributed by atoms with van der Waals surface area (Å²) < 4.78 is 20.6. The van der Waals surface area contributed by atoms with E-state index < -0.39 is 0 Å². The Morgan fingerprint density at radius 1 is 1.36 bits per heavy atom. The third-order valence-corrected chi connectivity index (χ3v) is 6.63. The number of anilines is 1. The van der Waals surface area contributed by atoms with Crippen molar-refractivity contribution in [3.8, 4) is 0 Å². The van der Waals surface area contributed by atoms with Crippen molar-refractivity contribution in [3.05, 3.63) is 59.5 Å². The Hall–Kier alpha value is -2.47. The zero-order chi connectivity index (χ0) is 19.3. The summed E-state index contributed by atoms with van der Waals surface area (Å²) in [7, 11) is 0. The molecular weight excluding hydrogens is 357 g/mol. The number of amides is 1. The van der Waals surface area contributed by atoms with E-state index in [4.69, 9.17) is 4.74 Å². The van der Waals surface area contributed by atoms with Crippen LogP contribution in [-0.4, -0.2) is 42.2 Å². The fourth-order valence-electron chi connectivity index (χ4n) is 5.25. The highest BCUT2D eigenvalue weighted by Crippen LogP contribution is 2.55. The number of carbonyl (C=O) groups excluding carboxylic acids is 1. The molecule has 5 rings (SSSR count). The molecule has 1 amide bonds. The SMILES string of the molecule is Cc1ccc(C(=O)NC[C@H]2[C@H]3CN(c4ncccc4F)C[C@]34CC[C@H]2O4)cc1. The number of hydrogen-bond donors (Lipinski definition) is 1. The molecule has 2 bridgehead atoms. The number of rotatable bonds is 4. The molecule has 0 unspecified atom stereocenters. The van der Waals surface area contributed by atoms with E-state index in [0.717, 1.165) is 24.9 Å². The number of aryl methyl sites for hydroxylation is 1. The van der Waals surface area contributed by atoms with Gasteiger partial charge in [-0.1, -0.05) is 17.7 Å². The summed E-state index contributed by atoms with van der Waals surface area (Å²) in [5, 5.41) is 3.09. The highest BCUT2D eigenvalue weighted by molar-refractivity contribution is 5.94. The summed E-state index contributed by atoms with van der Waals surface area (Å²) >= 11 is 0. The first-order valence-electron chi connectivity index (χ1n) is 9.94. The molecule has 1 N–H and O–H groups in total. The third-order valence-electron chi connectivity index (χ3n) is 6.63. The molecule has 5 nitrogen and oxygen atoms in total. The van der Waals surface area contributed by atoms with Gasteiger partial charge in [-0.2, -0.15) is 0 Å². The van der Waals surface area contributed by atoms with E-state index in [2.05, 4.69) is 10.3 Å². The third kappa shape index (κ3) is 2.78. The Morgan fingerprint density at radius 2 is 2.18 bits per heavy atom. The number of aromatic nitrogens is 1. The molecule has 2 aromatic rings. The van der Waals surface area contributed by atoms with Crippen molar-refractivity contribution in [2.75, 3.05) is 24.5 Å². The van der Waals surface area contributed by atoms with Crippen LogP contribution in [0.5, 0.6) is 0 Å². The van der Waals surface area contributed by atoms with E-state index in [0.29, 0.717) is 24.5 Å². The van der Waals surface area contributed by atoms with Gasteiger partial charge in [-0.15, -0.1) is 0 Å². The van der Waals surface area contributed by atoms with Gasteiger partial charge in [-0.05, 0) is 44.0 Å². The number of benzene rings is 1. The summed E-state index contributed by atoms with van der Waals surface area (Å²) in [6.07, 6.45) is 3.80. The quantitative estimate of drug-likeness (QED) is 0.885. The summed E-state index contributed by atoms with van der Waals surface area (Å²) in [6, 6.07) is 10.7. The molecule has 6 heteroatoms. The lowest BCUT2D eigenvalue weighted by Crippen LogP contribution is -2.41. The molecule has 1 aromatic carbocycles. The van der Waals surface area contributed by atoms with Crippen LogP contribution < -0.4 is 10.2 Å². The lowest BCUT2D eigenvalue weighted by atomic mass is 9.73. The minimum atomic E-state index is -0.294. The molecule has 1 aromatic heterocycles. The second kappa shape index (κ2) is 6.55. The normalized spacial score (nSPS) is 30.5. The van der Waals surface area contributed by atoms with Gasteiger partial charge in [0.25, 0.3) is 5.91 Å². The largest absolute Gasteiger partial charge is 0.369 e. The molecule has 28 heavy (non-hydrogen) atoms. The molecular formula is C22H24FN3O2. The standard InChI is InChI=1S/C22H24FN3O2/c1-14-4-6-15(7-5-14)21(27)25-11-16-17-12-26(20-18(23)3-2-10-24-20)13-22(17)9-8-19(16)28-22/h2-7,10,16-17,19H,8-9,11-13H2,1H3,(H,25,27)/t16-,17+,19+,22+/m0/s1. The minimum absolute atomic E-state index is 0.0533. The van der Waals surface area contributed by atoms with Gasteiger partial charge in [0.05, 0.1) is 11.7 Å². The molecule has 3 aliphatic rings. The lowest BCUT2D eigenvalue weighted by molar-refractivity contribution is 0.0141. The zero-order valence-corrected chi connectivity index (χ0v) is 15.9. The average Bonchev–Trinajstić information content (AvgIpc) is 3.35. The monoisotopic (exact) mass is 381 g/mol. The zero-order valence-electron chi connectivity index (χ0n) is 15.9. The van der Waals surface area contributed by atoms with Gasteiger partial charge in [0.1, 0.15) is 0 Å². The van der Waals surface area contributed by atoms with Crippen LogP contribution in [-0.2, 0) is 4.74 Å². The lowest BCUT2D eigenvalue weighted by Gasteiger charge is -2.29. The smallest absolute Gasteiger partial charge is 0.251 e. The molecule has 1 spiro atoms. The predicted octanol–water partition coefficient (Wildman–Crippen LogP) is 2.94. The van der Waals surface area contributed by atoms with Crippen LogP contribution in [0, 0.1) is 24.6 Å². The van der Waals surface area contributed by atoms with E-state index in [-0.39, 0.29) is 35.3 Å². The van der Waals surface area contributed by atoms with Crippen molar-refractivity contribution in [1.29, 1.82) is 0 Å². The number of hydrogen-bond acceptors (Lipinski definition) is 4. The molecule has 4 heterocycles. The highest BCUT2D eigenvalue weighted by Gasteiger charge is 2.63. The van der Waals surface area contributed by atoms with Crippen molar-refractivity contribution < 1.29 is 13.9 Å². The first-order chi connectivity index (χ1) is 13.6. The van der Waals surface area contributed by atoms with Crippen molar-refractivity contribution in [1.82, 2.24) is 10.3 Å². The van der Waals surface area contributed by atoms with E-state index in [1.807, 2.05) is 36.1 Å². The molecule has 0 aliphatic carbocycles. The maximum Gasteiger partial charge on any atom is 0.251 e. The van der Waals surface area contributed by atoms with Crippen LogP contribution >= 0.6 is 0 Å². The Bertz CT molecular complexity index is 903. The first-order valence-corrected chi connectivity index (χ1v) is 9.94. The van der Waals surface area contributed by atoms with Crippen LogP contribution in [0.2, 0.25) is 0 Å². The molecule has 0 saturated carbocycles. The van der Waals surface area contributed by atoms with Crippen LogP contribution in [0.1, 0.15) is 28.8 Å². The van der Waals surface area contributed by atoms with Gasteiger partial charge in [0.15, 0.2) is 11.6 Å². The Balaban J connectivity index is 1.30. The fraction of sp³-hybridized carbons (Fsp3) is 0.455. The van der Waals surface area contributed by atoms with Crippen LogP contribution in [0.15, 0.2) is 42.6 Å². The number of pyridine rings is 1. The van der Waals surface area contributed by atoms with Gasteiger partial charge in [-0.25, -0.2) is 9.37 Å². The predicted molar refractivity (Wildman–Crippen MR) is 104 cm³/mol. The number of fused-ring (bicyclic) bond motifs is 1. The summed E-state index contributed by atoms with van der Waals surface area (Å²) in [5.74, 6) is 0.590. The number of nitrogens with one attached hydrogen (secondary N) is 1. The summed E-state index contributed by atoms with van der Waals surface area (Å²) in [4.78, 5) is 18.8. The van der Waals surface area contributed by atoms with Crippen LogP contribution in [0.4, 0.5) is 10.2 Å². The number of nitrogens with zero attached hydrogens (tertiary/aromatic N) is 2. The Kier molecular flexibility index (Phi) is 4.12. The van der Waals surface area contributed by atoms with Crippen LogP contribution in [0.25, 0.3) is 0 Å². The molecule has 3 fully saturated rings. The second-order valence-corrected chi connectivity index (χ2v) is 8.30. The molecule has 0 radical (unpaired) electrons. The molecule has 3 aliphatic heterocycles. The van der Waals surface area contributed by atoms with Gasteiger partial charge in [0, 0.05) is 43.2 Å². The number of halogens is 1. The van der Waals surface area contributed by atoms with E-state index in [1.165, 1.54) is 6.07 Å². The maximum atomic E-state index is 14.2. The topological polar surface area (TPSA) is 54.5 Å². The van der Waals surface area contributed by atoms with Gasteiger partial charge in [-0.3, -0.25) is 4.79 Å². The average molecular weight is 381 g/mol. The van der Waals surface area contributed by atoms with Crippen molar-refractivity contribution in [2.24, 2.45) is 11.8 Å². The molecule has 3 saturated heterocycles. The van der Waals surface area contributed by atoms with E-state index in [9.17, 15) is 9.18 Å². The van der Waals surface area contributed by atoms with Gasteiger partial charge < -0.3 is 15.0 Å². The van der Waals surface area contributed by atoms with E-state index in [1.54, 1.807) is 12.3 Å². The van der Waals surface area contributed by atoms with Gasteiger partial charge in [0.2, 0.25) is 0 Å². The fourth-order valence-corrected chi connectivity index (χ4v) is 5.25. The highest BCUT2D eigenvalue weighted by atomic mass is 19.1. The number of carbonyl (C=O) groups is 1. The van der Waals surface area contributed by atoms with Crippen molar-refractivity contribution in [3.63, 3.8) is 0 Å². The van der Waals surface area contributed by atoms with Crippen LogP contribution in [0.3, 0.4) is 0 Å². The van der Waals surface area contributed by atoms with E-state index >= 15 is 0 Å². The molecule has 146 valence electrons. The van der Waals surface area contributed by atoms with Crippen molar-refractivity contribution >= 4 is 11.7 Å². The number of ether oxygens (including phenoxy) is 1. The Morgan fingerprint density at radius 3 is 2.96 bits per heavy atom. The molecule has 4 atom stereocenters. The van der Waals surface area contributed by atoms with Gasteiger partial charge >= 0.3 is 0 Å². The first kappa shape index (κ1) is 17.6. The van der Waals surface area contributed by atoms with Crippen molar-refractivity contribution in [2.45, 2.75) is 31.5 Å². The Labute approximate surface area is 163 Å².